The maximum Gasteiger partial charge on any atom is 0.321 e. The van der Waals surface area contributed by atoms with E-state index in [0.717, 1.165) is 24.8 Å². The predicted molar refractivity (Wildman–Crippen MR) is 97.6 cm³/mol. The number of ether oxygens (including phenoxy) is 1. The molecule has 0 spiro atoms. The van der Waals surface area contributed by atoms with E-state index in [0.29, 0.717) is 6.42 Å². The van der Waals surface area contributed by atoms with Crippen LogP contribution in [0.15, 0.2) is 35.9 Å². The van der Waals surface area contributed by atoms with Crippen molar-refractivity contribution in [2.75, 3.05) is 13.7 Å². The van der Waals surface area contributed by atoms with Gasteiger partial charge in [0.25, 0.3) is 0 Å². The van der Waals surface area contributed by atoms with E-state index in [-0.39, 0.29) is 18.0 Å². The molecule has 4 aliphatic rings. The van der Waals surface area contributed by atoms with Gasteiger partial charge in [0.2, 0.25) is 0 Å². The van der Waals surface area contributed by atoms with Crippen molar-refractivity contribution in [3.63, 3.8) is 0 Å². The molecule has 1 aromatic heterocycles. The number of piperidine rings is 3. The van der Waals surface area contributed by atoms with Crippen molar-refractivity contribution >= 4 is 23.2 Å². The first kappa shape index (κ1) is 15.8. The quantitative estimate of drug-likeness (QED) is 0.392. The minimum atomic E-state index is -1.11. The van der Waals surface area contributed by atoms with Crippen LogP contribution < -0.4 is 0 Å². The minimum absolute atomic E-state index is 0.0861. The first-order chi connectivity index (χ1) is 12.7. The molecule has 0 saturated carbocycles. The Bertz CT molecular complexity index is 959. The van der Waals surface area contributed by atoms with Crippen molar-refractivity contribution in [3.8, 4) is 0 Å². The maximum absolute atomic E-state index is 12.9. The first-order valence-corrected chi connectivity index (χ1v) is 9.20. The van der Waals surface area contributed by atoms with E-state index in [1.54, 1.807) is 0 Å². The smallest absolute Gasteiger partial charge is 0.321 e. The van der Waals surface area contributed by atoms with Gasteiger partial charge < -0.3 is 14.5 Å². The van der Waals surface area contributed by atoms with Gasteiger partial charge in [0, 0.05) is 35.1 Å². The Balaban J connectivity index is 1.74. The highest BCUT2D eigenvalue weighted by molar-refractivity contribution is 5.96. The van der Waals surface area contributed by atoms with Crippen LogP contribution in [-0.4, -0.2) is 41.8 Å². The van der Waals surface area contributed by atoms with E-state index in [4.69, 9.17) is 4.74 Å². The Labute approximate surface area is 152 Å². The fourth-order valence-corrected chi connectivity index (χ4v) is 5.72. The molecule has 0 amide bonds. The number of carbonyl (C=O) groups excluding carboxylic acids is 2. The molecule has 3 fully saturated rings. The van der Waals surface area contributed by atoms with Gasteiger partial charge in [-0.15, -0.1) is 0 Å². The van der Waals surface area contributed by atoms with Crippen molar-refractivity contribution in [2.45, 2.75) is 31.8 Å². The Morgan fingerprint density at radius 1 is 1.38 bits per heavy atom. The maximum atomic E-state index is 12.9. The van der Waals surface area contributed by atoms with Gasteiger partial charge in [-0.05, 0) is 31.4 Å². The molecule has 2 aromatic rings. The highest BCUT2D eigenvalue weighted by atomic mass is 16.5. The highest BCUT2D eigenvalue weighted by Gasteiger charge is 2.65. The number of rotatable bonds is 2. The van der Waals surface area contributed by atoms with E-state index < -0.39 is 11.4 Å². The van der Waals surface area contributed by atoms with Gasteiger partial charge in [0.15, 0.2) is 0 Å². The van der Waals surface area contributed by atoms with E-state index in [9.17, 15) is 9.59 Å². The molecule has 1 aromatic carbocycles. The van der Waals surface area contributed by atoms with Crippen molar-refractivity contribution in [1.82, 2.24) is 9.88 Å². The Morgan fingerprint density at radius 2 is 2.19 bits per heavy atom. The molecule has 0 aliphatic carbocycles. The van der Waals surface area contributed by atoms with Gasteiger partial charge in [0.05, 0.1) is 13.2 Å². The average Bonchev–Trinajstić information content (AvgIpc) is 3.06. The lowest BCUT2D eigenvalue weighted by Crippen LogP contribution is -2.69. The highest BCUT2D eigenvalue weighted by Crippen LogP contribution is 2.59. The summed E-state index contributed by atoms with van der Waals surface area (Å²) in [5, 5.41) is 1.20. The Hall–Kier alpha value is -2.40. The Kier molecular flexibility index (Phi) is 3.23. The third-order valence-corrected chi connectivity index (χ3v) is 6.88. The van der Waals surface area contributed by atoms with Gasteiger partial charge in [0.1, 0.15) is 11.7 Å². The number of allylic oxidation sites excluding steroid dienone is 1. The fraction of sp³-hybridized carbons (Fsp3) is 0.429. The zero-order valence-corrected chi connectivity index (χ0v) is 15.0. The zero-order chi connectivity index (χ0) is 18.1. The average molecular weight is 350 g/mol. The van der Waals surface area contributed by atoms with Crippen LogP contribution in [-0.2, 0) is 20.7 Å². The Morgan fingerprint density at radius 3 is 2.92 bits per heavy atom. The molecule has 5 nitrogen and oxygen atoms in total. The fourth-order valence-electron chi connectivity index (χ4n) is 5.72. The van der Waals surface area contributed by atoms with Crippen LogP contribution in [0.5, 0.6) is 0 Å². The monoisotopic (exact) mass is 350 g/mol. The van der Waals surface area contributed by atoms with Crippen molar-refractivity contribution in [1.29, 1.82) is 0 Å². The van der Waals surface area contributed by atoms with Gasteiger partial charge in [-0.3, -0.25) is 9.69 Å². The number of nitrogens with zero attached hydrogens (tertiary/aromatic N) is 1. The number of carbonyl (C=O) groups is 2. The standard InChI is InChI=1S/C21H22N2O3/c1-3-12-10-23-17-9-15(12)21(11-24,20(25)26-2)18(23)8-14-13-6-4-5-7-16(13)22-19(14)17/h3-7,11,15,17-18,22H,8-10H2,1-2H3/t15-,17+,18+,21?/m1/s1. The number of esters is 1. The van der Waals surface area contributed by atoms with Crippen LogP contribution in [0, 0.1) is 11.3 Å². The molecule has 5 heteroatoms. The van der Waals surface area contributed by atoms with Gasteiger partial charge in [-0.25, -0.2) is 0 Å². The second-order valence-electron chi connectivity index (χ2n) is 7.67. The summed E-state index contributed by atoms with van der Waals surface area (Å²) in [5.41, 5.74) is 3.70. The molecule has 4 aliphatic heterocycles. The summed E-state index contributed by atoms with van der Waals surface area (Å²) in [6, 6.07) is 8.37. The summed E-state index contributed by atoms with van der Waals surface area (Å²) < 4.78 is 5.15. The van der Waals surface area contributed by atoms with E-state index in [1.807, 2.05) is 19.1 Å². The van der Waals surface area contributed by atoms with E-state index in [2.05, 4.69) is 28.1 Å². The summed E-state index contributed by atoms with van der Waals surface area (Å²) >= 11 is 0. The summed E-state index contributed by atoms with van der Waals surface area (Å²) in [6.45, 7) is 2.81. The van der Waals surface area contributed by atoms with E-state index >= 15 is 0 Å². The number of hydrogen-bond donors (Lipinski definition) is 1. The topological polar surface area (TPSA) is 62.4 Å². The van der Waals surface area contributed by atoms with Crippen molar-refractivity contribution in [2.24, 2.45) is 11.3 Å². The molecule has 5 heterocycles. The number of benzene rings is 1. The van der Waals surface area contributed by atoms with E-state index in [1.165, 1.54) is 29.3 Å². The third-order valence-electron chi connectivity index (χ3n) is 6.88. The second kappa shape index (κ2) is 5.30. The lowest BCUT2D eigenvalue weighted by atomic mass is 9.55. The van der Waals surface area contributed by atoms with Crippen LogP contribution in [0.25, 0.3) is 10.9 Å². The van der Waals surface area contributed by atoms with Gasteiger partial charge in [-0.2, -0.15) is 0 Å². The number of methoxy groups -OCH3 is 1. The zero-order valence-electron chi connectivity index (χ0n) is 15.0. The van der Waals surface area contributed by atoms with Crippen molar-refractivity contribution in [3.05, 3.63) is 47.2 Å². The number of H-pyrrole nitrogens is 1. The number of fused-ring (bicyclic) bond motifs is 4. The summed E-state index contributed by atoms with van der Waals surface area (Å²) in [4.78, 5) is 31.2. The summed E-state index contributed by atoms with van der Waals surface area (Å²) in [5.74, 6) is -0.481. The number of nitrogens with one attached hydrogen (secondary N) is 1. The number of hydrogen-bond acceptors (Lipinski definition) is 4. The number of para-hydroxylation sites is 1. The summed E-state index contributed by atoms with van der Waals surface area (Å²) in [7, 11) is 1.39. The van der Waals surface area contributed by atoms with Crippen molar-refractivity contribution < 1.29 is 14.3 Å². The van der Waals surface area contributed by atoms with Crippen LogP contribution in [0.1, 0.15) is 30.6 Å². The first-order valence-electron chi connectivity index (χ1n) is 9.20. The van der Waals surface area contributed by atoms with Crippen LogP contribution in [0.2, 0.25) is 0 Å². The molecule has 2 unspecified atom stereocenters. The lowest BCUT2D eigenvalue weighted by molar-refractivity contribution is -0.176. The molecule has 1 N–H and O–H groups in total. The largest absolute Gasteiger partial charge is 0.468 e. The molecule has 5 atom stereocenters. The second-order valence-corrected chi connectivity index (χ2v) is 7.67. The van der Waals surface area contributed by atoms with Gasteiger partial charge >= 0.3 is 5.97 Å². The molecule has 26 heavy (non-hydrogen) atoms. The molecule has 0 radical (unpaired) electrons. The lowest BCUT2D eigenvalue weighted by Gasteiger charge is -2.61. The number of aromatic amines is 1. The number of aldehydes is 1. The van der Waals surface area contributed by atoms with Crippen LogP contribution >= 0.6 is 0 Å². The molecule has 3 saturated heterocycles. The van der Waals surface area contributed by atoms with Gasteiger partial charge in [-0.1, -0.05) is 29.8 Å². The minimum Gasteiger partial charge on any atom is -0.468 e. The molecular weight excluding hydrogens is 328 g/mol. The van der Waals surface area contributed by atoms with Crippen LogP contribution in [0.4, 0.5) is 0 Å². The molecule has 4 bridgehead atoms. The molecular formula is C21H22N2O3. The molecule has 6 rings (SSSR count). The number of aromatic nitrogens is 1. The predicted octanol–water partition coefficient (Wildman–Crippen LogP) is 2.77. The molecule has 134 valence electrons. The SMILES string of the molecule is CC=C1CN2[C@H]3Cc4c([nH]c5ccccc45)[C@@H]2C[C@H]1C3(C=O)C(=O)OC. The van der Waals surface area contributed by atoms with Crippen LogP contribution in [0.3, 0.4) is 0 Å². The normalized spacial score (nSPS) is 36.2. The third kappa shape index (κ3) is 1.69. The summed E-state index contributed by atoms with van der Waals surface area (Å²) in [6.07, 6.45) is 4.40.